The molecule has 1 aromatic carbocycles. The molecule has 0 aliphatic carbocycles. The molecule has 1 heterocycles. The number of nitrogens with one attached hydrogen (secondary N) is 1. The van der Waals surface area contributed by atoms with E-state index in [2.05, 4.69) is 20.2 Å². The number of hydrogen-bond donors (Lipinski definition) is 1. The molecule has 2 rings (SSSR count). The van der Waals surface area contributed by atoms with Crippen molar-refractivity contribution < 1.29 is 8.42 Å². The smallest absolute Gasteiger partial charge is 0.233 e. The minimum absolute atomic E-state index is 0.0228. The summed E-state index contributed by atoms with van der Waals surface area (Å²) in [6.45, 7) is 3.61. The van der Waals surface area contributed by atoms with E-state index in [1.165, 1.54) is 11.0 Å². The lowest BCUT2D eigenvalue weighted by molar-refractivity contribution is 0.588. The molecule has 1 N–H and O–H groups in total. The molecule has 0 amide bonds. The maximum Gasteiger partial charge on any atom is 0.233 e. The Labute approximate surface area is 128 Å². The summed E-state index contributed by atoms with van der Waals surface area (Å²) in [5.74, 6) is 0.155. The molecule has 1 atom stereocenters. The molecule has 0 aliphatic heterocycles. The number of nitrogens with zero attached hydrogens (tertiary/aromatic N) is 4. The molecule has 0 saturated heterocycles. The molecule has 0 saturated carbocycles. The lowest BCUT2D eigenvalue weighted by atomic mass is 10.2. The Kier molecular flexibility index (Phi) is 4.79. The Balaban J connectivity index is 2.26. The largest absolute Gasteiger partial charge is 0.283 e. The normalized spacial score (nSPS) is 13.1. The third-order valence-corrected chi connectivity index (χ3v) is 4.93. The number of hydrogen-bond acceptors (Lipinski definition) is 5. The second kappa shape index (κ2) is 6.40. The third-order valence-electron chi connectivity index (χ3n) is 2.87. The van der Waals surface area contributed by atoms with Crippen LogP contribution in [-0.4, -0.2) is 40.3 Å². The van der Waals surface area contributed by atoms with Crippen LogP contribution in [0.15, 0.2) is 24.5 Å². The molecular weight excluding hydrogens is 314 g/mol. The number of aromatic nitrogens is 4. The van der Waals surface area contributed by atoms with Crippen LogP contribution in [0.25, 0.3) is 5.69 Å². The van der Waals surface area contributed by atoms with E-state index in [4.69, 9.17) is 11.6 Å². The quantitative estimate of drug-likeness (QED) is 0.813. The number of alkyl halides is 1. The number of sulfonamides is 1. The molecule has 9 heteroatoms. The zero-order chi connectivity index (χ0) is 15.5. The first kappa shape index (κ1) is 15.7. The summed E-state index contributed by atoms with van der Waals surface area (Å²) in [6.07, 6.45) is 1.44. The van der Waals surface area contributed by atoms with Crippen LogP contribution in [0.5, 0.6) is 0 Å². The fourth-order valence-electron chi connectivity index (χ4n) is 1.77. The highest BCUT2D eigenvalue weighted by Crippen LogP contribution is 2.20. The van der Waals surface area contributed by atoms with E-state index in [0.29, 0.717) is 17.3 Å². The first-order chi connectivity index (χ1) is 9.91. The monoisotopic (exact) mass is 329 g/mol. The van der Waals surface area contributed by atoms with Crippen LogP contribution in [0.3, 0.4) is 0 Å². The Hall–Kier alpha value is -1.67. The molecule has 114 valence electrons. The molecular formula is C12H16ClN5O2S. The second-order valence-corrected chi connectivity index (χ2v) is 6.97. The van der Waals surface area contributed by atoms with E-state index >= 15 is 0 Å². The summed E-state index contributed by atoms with van der Waals surface area (Å²) in [7, 11) is -3.45. The molecule has 1 aromatic heterocycles. The fraction of sp³-hybridized carbons (Fsp3) is 0.417. The van der Waals surface area contributed by atoms with Crippen molar-refractivity contribution in [3.05, 3.63) is 30.1 Å². The maximum atomic E-state index is 12.1. The van der Waals surface area contributed by atoms with E-state index in [0.717, 1.165) is 5.56 Å². The summed E-state index contributed by atoms with van der Waals surface area (Å²) in [6, 6.07) is 5.30. The van der Waals surface area contributed by atoms with Crippen LogP contribution >= 0.6 is 11.6 Å². The van der Waals surface area contributed by atoms with E-state index in [1.807, 2.05) is 13.0 Å². The Bertz CT molecular complexity index is 702. The van der Waals surface area contributed by atoms with Crippen molar-refractivity contribution in [3.63, 3.8) is 0 Å². The molecule has 0 fully saturated rings. The van der Waals surface area contributed by atoms with Gasteiger partial charge in [-0.2, -0.15) is 0 Å². The summed E-state index contributed by atoms with van der Waals surface area (Å²) < 4.78 is 28.2. The zero-order valence-corrected chi connectivity index (χ0v) is 13.3. The summed E-state index contributed by atoms with van der Waals surface area (Å²) in [5.41, 5.74) is 1.99. The van der Waals surface area contributed by atoms with Crippen molar-refractivity contribution in [2.75, 3.05) is 16.4 Å². The molecule has 7 nitrogen and oxygen atoms in total. The van der Waals surface area contributed by atoms with Crippen LogP contribution < -0.4 is 4.72 Å². The van der Waals surface area contributed by atoms with E-state index in [1.54, 1.807) is 19.1 Å². The number of aryl methyl sites for hydroxylation is 1. The van der Waals surface area contributed by atoms with Crippen LogP contribution in [-0.2, 0) is 10.0 Å². The predicted molar refractivity (Wildman–Crippen MR) is 81.2 cm³/mol. The van der Waals surface area contributed by atoms with Crippen molar-refractivity contribution in [2.45, 2.75) is 13.8 Å². The highest BCUT2D eigenvalue weighted by atomic mass is 35.5. The van der Waals surface area contributed by atoms with Gasteiger partial charge in [0.25, 0.3) is 0 Å². The van der Waals surface area contributed by atoms with Gasteiger partial charge >= 0.3 is 0 Å². The van der Waals surface area contributed by atoms with Gasteiger partial charge in [0.05, 0.1) is 17.1 Å². The average molecular weight is 330 g/mol. The van der Waals surface area contributed by atoms with E-state index < -0.39 is 10.0 Å². The molecule has 0 radical (unpaired) electrons. The van der Waals surface area contributed by atoms with Crippen molar-refractivity contribution in [3.8, 4) is 5.69 Å². The number of rotatable bonds is 6. The zero-order valence-electron chi connectivity index (χ0n) is 11.7. The van der Waals surface area contributed by atoms with Gasteiger partial charge in [-0.25, -0.2) is 13.1 Å². The Morgan fingerprint density at radius 1 is 1.43 bits per heavy atom. The molecule has 0 spiro atoms. The van der Waals surface area contributed by atoms with Crippen LogP contribution in [0, 0.1) is 12.8 Å². The summed E-state index contributed by atoms with van der Waals surface area (Å²) in [5, 5.41) is 10.9. The molecule has 0 aliphatic rings. The maximum absolute atomic E-state index is 12.1. The first-order valence-electron chi connectivity index (χ1n) is 6.32. The van der Waals surface area contributed by atoms with Gasteiger partial charge in [0.1, 0.15) is 6.33 Å². The minimum Gasteiger partial charge on any atom is -0.283 e. The number of anilines is 1. The summed E-state index contributed by atoms with van der Waals surface area (Å²) in [4.78, 5) is 0. The highest BCUT2D eigenvalue weighted by Gasteiger charge is 2.16. The van der Waals surface area contributed by atoms with Gasteiger partial charge in [-0.15, -0.1) is 16.7 Å². The van der Waals surface area contributed by atoms with Crippen molar-refractivity contribution in [1.82, 2.24) is 20.2 Å². The lowest BCUT2D eigenvalue weighted by Crippen LogP contribution is -2.22. The molecule has 0 bridgehead atoms. The van der Waals surface area contributed by atoms with Crippen LogP contribution in [0.2, 0.25) is 0 Å². The molecule has 1 unspecified atom stereocenters. The fourth-order valence-corrected chi connectivity index (χ4v) is 3.51. The van der Waals surface area contributed by atoms with Gasteiger partial charge in [0, 0.05) is 5.88 Å². The SMILES string of the molecule is Cc1ccc(-n2cnnn2)cc1NS(=O)(=O)CC(C)CCl. The van der Waals surface area contributed by atoms with Gasteiger partial charge < -0.3 is 0 Å². The van der Waals surface area contributed by atoms with E-state index in [-0.39, 0.29) is 11.7 Å². The molecule has 21 heavy (non-hydrogen) atoms. The lowest BCUT2D eigenvalue weighted by Gasteiger charge is -2.14. The highest BCUT2D eigenvalue weighted by molar-refractivity contribution is 7.92. The third kappa shape index (κ3) is 4.15. The number of benzene rings is 1. The van der Waals surface area contributed by atoms with Gasteiger partial charge in [-0.05, 0) is 41.0 Å². The average Bonchev–Trinajstić information content (AvgIpc) is 2.94. The van der Waals surface area contributed by atoms with Gasteiger partial charge in [0.15, 0.2) is 0 Å². The Morgan fingerprint density at radius 3 is 2.81 bits per heavy atom. The minimum atomic E-state index is -3.45. The standard InChI is InChI=1S/C12H16ClN5O2S/c1-9(6-13)7-21(19,20)15-12-5-11(4-3-10(12)2)18-8-14-16-17-18/h3-5,8-9,15H,6-7H2,1-2H3. The number of halogens is 1. The van der Waals surface area contributed by atoms with Crippen molar-refractivity contribution in [1.29, 1.82) is 0 Å². The second-order valence-electron chi connectivity index (χ2n) is 4.90. The summed E-state index contributed by atoms with van der Waals surface area (Å²) >= 11 is 5.67. The van der Waals surface area contributed by atoms with Gasteiger partial charge in [-0.1, -0.05) is 13.0 Å². The van der Waals surface area contributed by atoms with Crippen molar-refractivity contribution in [2.24, 2.45) is 5.92 Å². The van der Waals surface area contributed by atoms with Crippen LogP contribution in [0.1, 0.15) is 12.5 Å². The van der Waals surface area contributed by atoms with Crippen LogP contribution in [0.4, 0.5) is 5.69 Å². The first-order valence-corrected chi connectivity index (χ1v) is 8.50. The van der Waals surface area contributed by atoms with Crippen molar-refractivity contribution >= 4 is 27.3 Å². The topological polar surface area (TPSA) is 89.8 Å². The van der Waals surface area contributed by atoms with Gasteiger partial charge in [0.2, 0.25) is 10.0 Å². The predicted octanol–water partition coefficient (Wildman–Crippen LogP) is 1.59. The van der Waals surface area contributed by atoms with E-state index in [9.17, 15) is 8.42 Å². The van der Waals surface area contributed by atoms with Gasteiger partial charge in [-0.3, -0.25) is 4.72 Å². The molecule has 2 aromatic rings. The Morgan fingerprint density at radius 2 is 2.19 bits per heavy atom. The number of tetrazole rings is 1.